The van der Waals surface area contributed by atoms with Crippen molar-refractivity contribution in [3.05, 3.63) is 23.9 Å². The van der Waals surface area contributed by atoms with Gasteiger partial charge in [0.05, 0.1) is 5.56 Å². The summed E-state index contributed by atoms with van der Waals surface area (Å²) in [6.45, 7) is 0. The van der Waals surface area contributed by atoms with Crippen LogP contribution in [0.4, 0.5) is 14.6 Å². The minimum Gasteiger partial charge on any atom is -0.478 e. The second-order valence-electron chi connectivity index (χ2n) is 4.86. The van der Waals surface area contributed by atoms with Crippen molar-refractivity contribution >= 4 is 17.7 Å². The van der Waals surface area contributed by atoms with E-state index in [1.54, 1.807) is 0 Å². The minimum absolute atomic E-state index is 0.0142. The van der Waals surface area contributed by atoms with Crippen LogP contribution in [0.5, 0.6) is 0 Å². The number of alkyl halides is 2. The number of hydrogen-bond donors (Lipinski definition) is 2. The molecule has 0 unspecified atom stereocenters. The van der Waals surface area contributed by atoms with E-state index >= 15 is 0 Å². The van der Waals surface area contributed by atoms with Crippen LogP contribution in [-0.4, -0.2) is 27.9 Å². The predicted octanol–water partition coefficient (Wildman–Crippen LogP) is 2.54. The Hall–Kier alpha value is -2.05. The van der Waals surface area contributed by atoms with E-state index in [0.717, 1.165) is 6.20 Å². The first-order valence-corrected chi connectivity index (χ1v) is 6.25. The van der Waals surface area contributed by atoms with E-state index in [4.69, 9.17) is 5.11 Å². The average Bonchev–Trinajstić information content (AvgIpc) is 2.39. The van der Waals surface area contributed by atoms with Gasteiger partial charge in [-0.05, 0) is 25.0 Å². The molecule has 108 valence electrons. The number of halogens is 2. The molecule has 0 bridgehead atoms. The van der Waals surface area contributed by atoms with Crippen molar-refractivity contribution in [2.75, 3.05) is 5.32 Å². The topological polar surface area (TPSA) is 79.3 Å². The Labute approximate surface area is 114 Å². The predicted molar refractivity (Wildman–Crippen MR) is 66.7 cm³/mol. The van der Waals surface area contributed by atoms with Gasteiger partial charge in [0.2, 0.25) is 11.8 Å². The van der Waals surface area contributed by atoms with Crippen LogP contribution in [0.25, 0.3) is 0 Å². The van der Waals surface area contributed by atoms with Gasteiger partial charge in [-0.25, -0.2) is 18.6 Å². The number of carboxylic acids is 1. The first-order valence-electron chi connectivity index (χ1n) is 6.25. The highest BCUT2D eigenvalue weighted by atomic mass is 19.3. The standard InChI is InChI=1S/C13H14F2N2O3/c14-13(15)5-3-8(4-6-13)11(18)17-10-2-1-9(7-16-10)12(19)20/h1-2,7-8H,3-6H2,(H,19,20)(H,16,17,18). The molecule has 1 aliphatic rings. The molecule has 7 heteroatoms. The molecule has 1 aromatic heterocycles. The SMILES string of the molecule is O=C(O)c1ccc(NC(=O)C2CCC(F)(F)CC2)nc1. The number of nitrogens with zero attached hydrogens (tertiary/aromatic N) is 1. The first kappa shape index (κ1) is 14.4. The number of anilines is 1. The first-order chi connectivity index (χ1) is 9.37. The molecule has 1 aromatic rings. The highest BCUT2D eigenvalue weighted by molar-refractivity contribution is 5.92. The fraction of sp³-hybridized carbons (Fsp3) is 0.462. The molecular weight excluding hydrogens is 270 g/mol. The molecule has 20 heavy (non-hydrogen) atoms. The van der Waals surface area contributed by atoms with Crippen LogP contribution in [0.15, 0.2) is 18.3 Å². The van der Waals surface area contributed by atoms with Crippen molar-refractivity contribution in [3.8, 4) is 0 Å². The highest BCUT2D eigenvalue weighted by Gasteiger charge is 2.37. The second-order valence-corrected chi connectivity index (χ2v) is 4.86. The lowest BCUT2D eigenvalue weighted by atomic mass is 9.86. The quantitative estimate of drug-likeness (QED) is 0.894. The second kappa shape index (κ2) is 5.52. The molecular formula is C13H14F2N2O3. The van der Waals surface area contributed by atoms with E-state index in [1.807, 2.05) is 0 Å². The molecule has 0 aliphatic heterocycles. The molecule has 1 fully saturated rings. The van der Waals surface area contributed by atoms with Gasteiger partial charge in [-0.2, -0.15) is 0 Å². The Bertz CT molecular complexity index is 507. The molecule has 0 spiro atoms. The molecule has 5 nitrogen and oxygen atoms in total. The zero-order valence-corrected chi connectivity index (χ0v) is 10.6. The van der Waals surface area contributed by atoms with Gasteiger partial charge < -0.3 is 10.4 Å². The van der Waals surface area contributed by atoms with Crippen LogP contribution in [0.1, 0.15) is 36.0 Å². The monoisotopic (exact) mass is 284 g/mol. The number of carbonyl (C=O) groups is 2. The van der Waals surface area contributed by atoms with Crippen molar-refractivity contribution in [2.45, 2.75) is 31.6 Å². The number of aromatic carboxylic acids is 1. The van der Waals surface area contributed by atoms with E-state index in [9.17, 15) is 18.4 Å². The number of hydrogen-bond acceptors (Lipinski definition) is 3. The van der Waals surface area contributed by atoms with Gasteiger partial charge in [-0.15, -0.1) is 0 Å². The van der Waals surface area contributed by atoms with E-state index in [-0.39, 0.29) is 43.0 Å². The van der Waals surface area contributed by atoms with Crippen molar-refractivity contribution in [2.24, 2.45) is 5.92 Å². The number of amides is 1. The normalized spacial score (nSPS) is 18.5. The highest BCUT2D eigenvalue weighted by Crippen LogP contribution is 2.36. The molecule has 2 rings (SSSR count). The molecule has 1 heterocycles. The Morgan fingerprint density at radius 2 is 1.95 bits per heavy atom. The Balaban J connectivity index is 1.93. The molecule has 1 aliphatic carbocycles. The number of carboxylic acid groups (broad SMARTS) is 1. The fourth-order valence-electron chi connectivity index (χ4n) is 2.12. The summed E-state index contributed by atoms with van der Waals surface area (Å²) in [6, 6.07) is 2.69. The van der Waals surface area contributed by atoms with Crippen LogP contribution in [-0.2, 0) is 4.79 Å². The van der Waals surface area contributed by atoms with Gasteiger partial charge in [-0.3, -0.25) is 4.79 Å². The van der Waals surface area contributed by atoms with E-state index in [0.29, 0.717) is 0 Å². The molecule has 0 radical (unpaired) electrons. The van der Waals surface area contributed by atoms with E-state index in [2.05, 4.69) is 10.3 Å². The van der Waals surface area contributed by atoms with Crippen LogP contribution in [0.3, 0.4) is 0 Å². The van der Waals surface area contributed by atoms with E-state index in [1.165, 1.54) is 12.1 Å². The minimum atomic E-state index is -2.67. The maximum absolute atomic E-state index is 13.0. The molecule has 2 N–H and O–H groups in total. The third kappa shape index (κ3) is 3.49. The van der Waals surface area contributed by atoms with Crippen molar-refractivity contribution in [1.82, 2.24) is 4.98 Å². The summed E-state index contributed by atoms with van der Waals surface area (Å²) < 4.78 is 26.0. The number of nitrogens with one attached hydrogen (secondary N) is 1. The lowest BCUT2D eigenvalue weighted by molar-refractivity contribution is -0.124. The summed E-state index contributed by atoms with van der Waals surface area (Å²) in [7, 11) is 0. The average molecular weight is 284 g/mol. The van der Waals surface area contributed by atoms with E-state index < -0.39 is 17.8 Å². The van der Waals surface area contributed by atoms with Crippen molar-refractivity contribution in [1.29, 1.82) is 0 Å². The Kier molecular flexibility index (Phi) is 3.96. The van der Waals surface area contributed by atoms with Gasteiger partial charge in [0.1, 0.15) is 5.82 Å². The summed E-state index contributed by atoms with van der Waals surface area (Å²) in [5.74, 6) is -4.35. The van der Waals surface area contributed by atoms with Crippen LogP contribution >= 0.6 is 0 Å². The summed E-state index contributed by atoms with van der Waals surface area (Å²) in [5.41, 5.74) is 0.0142. The molecule has 1 amide bonds. The maximum atomic E-state index is 13.0. The van der Waals surface area contributed by atoms with Crippen LogP contribution in [0, 0.1) is 5.92 Å². The Morgan fingerprint density at radius 3 is 2.45 bits per heavy atom. The molecule has 0 atom stereocenters. The smallest absolute Gasteiger partial charge is 0.337 e. The fourth-order valence-corrected chi connectivity index (χ4v) is 2.12. The molecule has 1 saturated carbocycles. The summed E-state index contributed by atoms with van der Waals surface area (Å²) in [6.07, 6.45) is 0.859. The third-order valence-corrected chi connectivity index (χ3v) is 3.35. The zero-order valence-electron chi connectivity index (χ0n) is 10.6. The lowest BCUT2D eigenvalue weighted by Gasteiger charge is -2.27. The number of pyridine rings is 1. The van der Waals surface area contributed by atoms with Gasteiger partial charge in [0, 0.05) is 25.0 Å². The number of carbonyl (C=O) groups excluding carboxylic acids is 1. The van der Waals surface area contributed by atoms with Crippen molar-refractivity contribution < 1.29 is 23.5 Å². The maximum Gasteiger partial charge on any atom is 0.337 e. The Morgan fingerprint density at radius 1 is 1.30 bits per heavy atom. The van der Waals surface area contributed by atoms with Crippen LogP contribution < -0.4 is 5.32 Å². The van der Waals surface area contributed by atoms with Gasteiger partial charge in [0.15, 0.2) is 0 Å². The molecule has 0 saturated heterocycles. The molecule has 0 aromatic carbocycles. The number of rotatable bonds is 3. The zero-order chi connectivity index (χ0) is 14.8. The number of aromatic nitrogens is 1. The third-order valence-electron chi connectivity index (χ3n) is 3.35. The van der Waals surface area contributed by atoms with Gasteiger partial charge >= 0.3 is 5.97 Å². The van der Waals surface area contributed by atoms with Crippen molar-refractivity contribution in [3.63, 3.8) is 0 Å². The van der Waals surface area contributed by atoms with Gasteiger partial charge in [-0.1, -0.05) is 0 Å². The lowest BCUT2D eigenvalue weighted by Crippen LogP contribution is -2.32. The summed E-state index contributed by atoms with van der Waals surface area (Å²) in [5, 5.41) is 11.2. The largest absolute Gasteiger partial charge is 0.478 e. The van der Waals surface area contributed by atoms with Gasteiger partial charge in [0.25, 0.3) is 0 Å². The summed E-state index contributed by atoms with van der Waals surface area (Å²) in [4.78, 5) is 26.3. The van der Waals surface area contributed by atoms with Crippen LogP contribution in [0.2, 0.25) is 0 Å². The summed E-state index contributed by atoms with van der Waals surface area (Å²) >= 11 is 0.